The third-order valence-corrected chi connectivity index (χ3v) is 2.63. The standard InChI is InChI=1S/C11H15F2N3/c1-11(12,13)9-3-2-4-10(15-9)16-7-5-14-6-8-16/h2-4,14H,5-8H2,1H3. The molecule has 1 aliphatic rings. The summed E-state index contributed by atoms with van der Waals surface area (Å²) in [6.45, 7) is 4.23. The maximum absolute atomic E-state index is 13.1. The van der Waals surface area contributed by atoms with Gasteiger partial charge in [0.1, 0.15) is 11.5 Å². The lowest BCUT2D eigenvalue weighted by molar-refractivity contribution is 0.0128. The van der Waals surface area contributed by atoms with Crippen LogP contribution in [0.3, 0.4) is 0 Å². The molecule has 0 atom stereocenters. The Morgan fingerprint density at radius 3 is 2.62 bits per heavy atom. The van der Waals surface area contributed by atoms with E-state index in [9.17, 15) is 8.78 Å². The summed E-state index contributed by atoms with van der Waals surface area (Å²) in [4.78, 5) is 6.04. The van der Waals surface area contributed by atoms with E-state index in [1.807, 2.05) is 4.90 Å². The SMILES string of the molecule is CC(F)(F)c1cccc(N2CCNCC2)n1. The van der Waals surface area contributed by atoms with Gasteiger partial charge in [-0.25, -0.2) is 4.98 Å². The summed E-state index contributed by atoms with van der Waals surface area (Å²) in [6, 6.07) is 4.78. The molecule has 0 radical (unpaired) electrons. The Kier molecular flexibility index (Phi) is 3.05. The Hall–Kier alpha value is -1.23. The van der Waals surface area contributed by atoms with Crippen LogP contribution in [0.5, 0.6) is 0 Å². The topological polar surface area (TPSA) is 28.2 Å². The highest BCUT2D eigenvalue weighted by Gasteiger charge is 2.26. The first-order valence-electron chi connectivity index (χ1n) is 5.38. The van der Waals surface area contributed by atoms with Crippen molar-refractivity contribution in [2.45, 2.75) is 12.8 Å². The smallest absolute Gasteiger partial charge is 0.287 e. The Labute approximate surface area is 93.5 Å². The molecule has 0 aromatic carbocycles. The van der Waals surface area contributed by atoms with E-state index in [1.165, 1.54) is 6.07 Å². The van der Waals surface area contributed by atoms with Crippen LogP contribution in [0.15, 0.2) is 18.2 Å². The predicted molar refractivity (Wildman–Crippen MR) is 58.9 cm³/mol. The van der Waals surface area contributed by atoms with E-state index in [0.29, 0.717) is 5.82 Å². The summed E-state index contributed by atoms with van der Waals surface area (Å²) < 4.78 is 26.2. The van der Waals surface area contributed by atoms with Crippen LogP contribution >= 0.6 is 0 Å². The largest absolute Gasteiger partial charge is 0.354 e. The number of hydrogen-bond donors (Lipinski definition) is 1. The summed E-state index contributed by atoms with van der Waals surface area (Å²) in [6.07, 6.45) is 0. The highest BCUT2D eigenvalue weighted by molar-refractivity contribution is 5.40. The first-order valence-corrected chi connectivity index (χ1v) is 5.38. The van der Waals surface area contributed by atoms with Crippen LogP contribution in [0.1, 0.15) is 12.6 Å². The van der Waals surface area contributed by atoms with Gasteiger partial charge in [-0.2, -0.15) is 8.78 Å². The maximum Gasteiger partial charge on any atom is 0.287 e. The van der Waals surface area contributed by atoms with Crippen molar-refractivity contribution < 1.29 is 8.78 Å². The zero-order valence-corrected chi connectivity index (χ0v) is 9.21. The Morgan fingerprint density at radius 1 is 1.31 bits per heavy atom. The zero-order chi connectivity index (χ0) is 11.6. The lowest BCUT2D eigenvalue weighted by atomic mass is 10.2. The van der Waals surface area contributed by atoms with Crippen molar-refractivity contribution in [1.82, 2.24) is 10.3 Å². The van der Waals surface area contributed by atoms with Gasteiger partial charge < -0.3 is 10.2 Å². The lowest BCUT2D eigenvalue weighted by Gasteiger charge is -2.28. The molecule has 1 fully saturated rings. The Morgan fingerprint density at radius 2 is 2.00 bits per heavy atom. The maximum atomic E-state index is 13.1. The van der Waals surface area contributed by atoms with Gasteiger partial charge in [-0.05, 0) is 12.1 Å². The van der Waals surface area contributed by atoms with Gasteiger partial charge in [-0.15, -0.1) is 0 Å². The van der Waals surface area contributed by atoms with Crippen LogP contribution in [-0.4, -0.2) is 31.2 Å². The molecule has 1 saturated heterocycles. The second-order valence-corrected chi connectivity index (χ2v) is 4.01. The molecule has 1 aromatic heterocycles. The van der Waals surface area contributed by atoms with Crippen molar-refractivity contribution in [2.24, 2.45) is 0 Å². The first-order chi connectivity index (χ1) is 7.57. The number of pyridine rings is 1. The van der Waals surface area contributed by atoms with Crippen LogP contribution in [-0.2, 0) is 5.92 Å². The minimum atomic E-state index is -2.87. The summed E-state index contributed by atoms with van der Waals surface area (Å²) in [5.41, 5.74) is -0.163. The molecule has 1 N–H and O–H groups in total. The monoisotopic (exact) mass is 227 g/mol. The molecule has 88 valence electrons. The normalized spacial score (nSPS) is 17.6. The van der Waals surface area contributed by atoms with E-state index >= 15 is 0 Å². The molecule has 1 aliphatic heterocycles. The van der Waals surface area contributed by atoms with Crippen molar-refractivity contribution in [3.8, 4) is 0 Å². The number of anilines is 1. The number of nitrogens with one attached hydrogen (secondary N) is 1. The van der Waals surface area contributed by atoms with Gasteiger partial charge in [0.05, 0.1) is 0 Å². The van der Waals surface area contributed by atoms with Crippen molar-refractivity contribution in [3.63, 3.8) is 0 Å². The van der Waals surface area contributed by atoms with E-state index in [-0.39, 0.29) is 5.69 Å². The molecule has 0 unspecified atom stereocenters. The number of nitrogens with zero attached hydrogens (tertiary/aromatic N) is 2. The highest BCUT2D eigenvalue weighted by Crippen LogP contribution is 2.26. The second-order valence-electron chi connectivity index (χ2n) is 4.01. The molecule has 0 bridgehead atoms. The second kappa shape index (κ2) is 4.33. The van der Waals surface area contributed by atoms with Gasteiger partial charge in [-0.1, -0.05) is 6.07 Å². The number of hydrogen-bond acceptors (Lipinski definition) is 3. The fraction of sp³-hybridized carbons (Fsp3) is 0.545. The van der Waals surface area contributed by atoms with Gasteiger partial charge in [0.15, 0.2) is 0 Å². The fourth-order valence-corrected chi connectivity index (χ4v) is 1.74. The highest BCUT2D eigenvalue weighted by atomic mass is 19.3. The average molecular weight is 227 g/mol. The lowest BCUT2D eigenvalue weighted by Crippen LogP contribution is -2.44. The zero-order valence-electron chi connectivity index (χ0n) is 9.21. The van der Waals surface area contributed by atoms with E-state index in [4.69, 9.17) is 0 Å². The van der Waals surface area contributed by atoms with Gasteiger partial charge in [0, 0.05) is 33.1 Å². The van der Waals surface area contributed by atoms with Crippen LogP contribution < -0.4 is 10.2 Å². The molecule has 0 saturated carbocycles. The van der Waals surface area contributed by atoms with E-state index in [0.717, 1.165) is 33.1 Å². The van der Waals surface area contributed by atoms with Gasteiger partial charge in [0.25, 0.3) is 5.92 Å². The summed E-state index contributed by atoms with van der Waals surface area (Å²) in [5.74, 6) is -2.23. The van der Waals surface area contributed by atoms with Crippen LogP contribution in [0, 0.1) is 0 Å². The number of alkyl halides is 2. The first kappa shape index (κ1) is 11.3. The molecule has 0 amide bonds. The molecule has 0 spiro atoms. The average Bonchev–Trinajstić information content (AvgIpc) is 2.29. The molecule has 1 aromatic rings. The minimum absolute atomic E-state index is 0.163. The molecule has 0 aliphatic carbocycles. The number of piperazine rings is 1. The van der Waals surface area contributed by atoms with E-state index in [1.54, 1.807) is 12.1 Å². The molecule has 5 heteroatoms. The third kappa shape index (κ3) is 2.47. The molecule has 16 heavy (non-hydrogen) atoms. The summed E-state index contributed by atoms with van der Waals surface area (Å²) in [5, 5.41) is 3.21. The molecule has 3 nitrogen and oxygen atoms in total. The number of halogens is 2. The molecule has 2 heterocycles. The van der Waals surface area contributed by atoms with Gasteiger partial charge in [-0.3, -0.25) is 0 Å². The van der Waals surface area contributed by atoms with E-state index < -0.39 is 5.92 Å². The van der Waals surface area contributed by atoms with E-state index in [2.05, 4.69) is 10.3 Å². The van der Waals surface area contributed by atoms with Crippen molar-refractivity contribution in [3.05, 3.63) is 23.9 Å². The number of aromatic nitrogens is 1. The van der Waals surface area contributed by atoms with Crippen LogP contribution in [0.25, 0.3) is 0 Å². The van der Waals surface area contributed by atoms with Gasteiger partial charge in [0.2, 0.25) is 0 Å². The quantitative estimate of drug-likeness (QED) is 0.831. The summed E-state index contributed by atoms with van der Waals surface area (Å²) in [7, 11) is 0. The van der Waals surface area contributed by atoms with Crippen LogP contribution in [0.4, 0.5) is 14.6 Å². The molecule has 2 rings (SSSR count). The molecular formula is C11H15F2N3. The molecular weight excluding hydrogens is 212 g/mol. The predicted octanol–water partition coefficient (Wildman–Crippen LogP) is 1.60. The fourth-order valence-electron chi connectivity index (χ4n) is 1.74. The van der Waals surface area contributed by atoms with Crippen molar-refractivity contribution >= 4 is 5.82 Å². The Balaban J connectivity index is 2.21. The number of rotatable bonds is 2. The van der Waals surface area contributed by atoms with Crippen molar-refractivity contribution in [2.75, 3.05) is 31.1 Å². The van der Waals surface area contributed by atoms with Crippen molar-refractivity contribution in [1.29, 1.82) is 0 Å². The van der Waals surface area contributed by atoms with Gasteiger partial charge >= 0.3 is 0 Å². The summed E-state index contributed by atoms with van der Waals surface area (Å²) >= 11 is 0. The Bertz CT molecular complexity index is 356. The van der Waals surface area contributed by atoms with Crippen LogP contribution in [0.2, 0.25) is 0 Å². The minimum Gasteiger partial charge on any atom is -0.354 e. The third-order valence-electron chi connectivity index (χ3n) is 2.63.